The van der Waals surface area contributed by atoms with Crippen molar-refractivity contribution in [3.05, 3.63) is 57.7 Å². The number of pyridine rings is 2. The second kappa shape index (κ2) is 8.23. The number of fused-ring (bicyclic) bond motifs is 4. The Morgan fingerprint density at radius 1 is 1.09 bits per heavy atom. The minimum atomic E-state index is -4.54. The molecule has 3 atom stereocenters. The van der Waals surface area contributed by atoms with Crippen LogP contribution in [-0.4, -0.2) is 33.4 Å². The lowest BCUT2D eigenvalue weighted by Crippen LogP contribution is -2.38. The molecule has 0 bridgehead atoms. The summed E-state index contributed by atoms with van der Waals surface area (Å²) in [5.41, 5.74) is 1.55. The van der Waals surface area contributed by atoms with Gasteiger partial charge in [-0.15, -0.1) is 0 Å². The summed E-state index contributed by atoms with van der Waals surface area (Å²) >= 11 is 0. The molecule has 6 nitrogen and oxygen atoms in total. The van der Waals surface area contributed by atoms with Gasteiger partial charge in [0.25, 0.3) is 0 Å². The summed E-state index contributed by atoms with van der Waals surface area (Å²) in [4.78, 5) is 8.57. The summed E-state index contributed by atoms with van der Waals surface area (Å²) in [5.74, 6) is -0.0491. The highest BCUT2D eigenvalue weighted by Crippen LogP contribution is 2.59. The number of aliphatic hydroxyl groups is 2. The fourth-order valence-corrected chi connectivity index (χ4v) is 5.85. The smallest absolute Gasteiger partial charge is 0.388 e. The quantitative estimate of drug-likeness (QED) is 0.597. The molecule has 2 N–H and O–H groups in total. The molecular formula is C26H31F3N2O4. The molecule has 5 rings (SSSR count). The van der Waals surface area contributed by atoms with Crippen molar-refractivity contribution < 1.29 is 32.9 Å². The van der Waals surface area contributed by atoms with E-state index in [0.717, 1.165) is 22.9 Å². The third kappa shape index (κ3) is 3.87. The van der Waals surface area contributed by atoms with Crippen molar-refractivity contribution in [2.45, 2.75) is 83.0 Å². The number of alkyl halides is 3. The molecule has 35 heavy (non-hydrogen) atoms. The normalized spacial score (nSPS) is 27.2. The van der Waals surface area contributed by atoms with E-state index in [1.165, 1.54) is 12.3 Å². The molecule has 1 spiro atoms. The molecule has 0 amide bonds. The highest BCUT2D eigenvalue weighted by molar-refractivity contribution is 5.54. The predicted molar refractivity (Wildman–Crippen MR) is 121 cm³/mol. The van der Waals surface area contributed by atoms with Crippen molar-refractivity contribution in [1.29, 1.82) is 0 Å². The van der Waals surface area contributed by atoms with Crippen LogP contribution in [0.15, 0.2) is 18.3 Å². The van der Waals surface area contributed by atoms with Gasteiger partial charge in [-0.1, -0.05) is 33.8 Å². The lowest BCUT2D eigenvalue weighted by Gasteiger charge is -2.42. The zero-order chi connectivity index (χ0) is 25.3. The Morgan fingerprint density at radius 3 is 2.34 bits per heavy atom. The van der Waals surface area contributed by atoms with Crippen LogP contribution in [0.25, 0.3) is 0 Å². The van der Waals surface area contributed by atoms with Crippen molar-refractivity contribution in [2.75, 3.05) is 13.2 Å². The maximum absolute atomic E-state index is 13.2. The van der Waals surface area contributed by atoms with Crippen LogP contribution in [0.3, 0.4) is 0 Å². The van der Waals surface area contributed by atoms with E-state index in [1.54, 1.807) is 0 Å². The van der Waals surface area contributed by atoms with Crippen LogP contribution in [-0.2, 0) is 21.3 Å². The molecular weight excluding hydrogens is 461 g/mol. The second-order valence-electron chi connectivity index (χ2n) is 10.9. The highest BCUT2D eigenvalue weighted by Gasteiger charge is 2.53. The molecule has 1 saturated heterocycles. The number of hydrogen-bond acceptors (Lipinski definition) is 6. The topological polar surface area (TPSA) is 84.7 Å². The van der Waals surface area contributed by atoms with Crippen LogP contribution in [0.1, 0.15) is 111 Å². The Bertz CT molecular complexity index is 1120. The molecule has 0 radical (unpaired) electrons. The summed E-state index contributed by atoms with van der Waals surface area (Å²) in [6, 6.07) is 2.37. The largest absolute Gasteiger partial charge is 0.433 e. The van der Waals surface area contributed by atoms with Crippen LogP contribution >= 0.6 is 0 Å². The highest BCUT2D eigenvalue weighted by atomic mass is 19.4. The molecule has 2 aliphatic heterocycles. The molecule has 1 aliphatic carbocycles. The van der Waals surface area contributed by atoms with E-state index in [9.17, 15) is 23.4 Å². The van der Waals surface area contributed by atoms with Gasteiger partial charge in [0.15, 0.2) is 0 Å². The van der Waals surface area contributed by atoms with E-state index in [-0.39, 0.29) is 5.92 Å². The fraction of sp³-hybridized carbons (Fsp3) is 0.615. The first-order chi connectivity index (χ1) is 16.4. The summed E-state index contributed by atoms with van der Waals surface area (Å²) in [5, 5.41) is 22.6. The maximum atomic E-state index is 13.2. The van der Waals surface area contributed by atoms with Gasteiger partial charge in [-0.05, 0) is 29.4 Å². The zero-order valence-corrected chi connectivity index (χ0v) is 20.3. The van der Waals surface area contributed by atoms with Crippen LogP contribution in [0.4, 0.5) is 13.2 Å². The first kappa shape index (κ1) is 24.6. The van der Waals surface area contributed by atoms with E-state index >= 15 is 0 Å². The number of nitrogens with zero attached hydrogens (tertiary/aromatic N) is 2. The molecule has 9 heteroatoms. The van der Waals surface area contributed by atoms with Crippen molar-refractivity contribution >= 4 is 0 Å². The van der Waals surface area contributed by atoms with E-state index in [2.05, 4.69) is 4.98 Å². The van der Waals surface area contributed by atoms with Crippen molar-refractivity contribution in [1.82, 2.24) is 9.97 Å². The van der Waals surface area contributed by atoms with E-state index in [0.29, 0.717) is 49.3 Å². The predicted octanol–water partition coefficient (Wildman–Crippen LogP) is 5.24. The Hall–Kier alpha value is -2.07. The number of hydrogen-bond donors (Lipinski definition) is 2. The third-order valence-electron chi connectivity index (χ3n) is 7.67. The van der Waals surface area contributed by atoms with Gasteiger partial charge in [0.2, 0.25) is 0 Å². The Morgan fingerprint density at radius 2 is 1.77 bits per heavy atom. The third-order valence-corrected chi connectivity index (χ3v) is 7.67. The summed E-state index contributed by atoms with van der Waals surface area (Å²) in [7, 11) is 0. The molecule has 0 saturated carbocycles. The summed E-state index contributed by atoms with van der Waals surface area (Å²) in [6.45, 7) is 8.70. The monoisotopic (exact) mass is 492 g/mol. The average molecular weight is 493 g/mol. The Kier molecular flexibility index (Phi) is 5.79. The van der Waals surface area contributed by atoms with Crippen molar-refractivity contribution in [3.63, 3.8) is 0 Å². The van der Waals surface area contributed by atoms with Gasteiger partial charge in [-0.25, -0.2) is 0 Å². The summed E-state index contributed by atoms with van der Waals surface area (Å²) < 4.78 is 51.8. The minimum absolute atomic E-state index is 0.0491. The number of aromatic nitrogens is 2. The molecule has 2 unspecified atom stereocenters. The van der Waals surface area contributed by atoms with Crippen molar-refractivity contribution in [2.24, 2.45) is 5.41 Å². The van der Waals surface area contributed by atoms with Gasteiger partial charge in [0.05, 0.1) is 17.4 Å². The Labute approximate surface area is 202 Å². The van der Waals surface area contributed by atoms with Gasteiger partial charge in [-0.2, -0.15) is 13.2 Å². The second-order valence-corrected chi connectivity index (χ2v) is 10.9. The zero-order valence-electron chi connectivity index (χ0n) is 20.3. The van der Waals surface area contributed by atoms with E-state index < -0.39 is 41.2 Å². The summed E-state index contributed by atoms with van der Waals surface area (Å²) in [6.07, 6.45) is -4.30. The molecule has 3 aliphatic rings. The van der Waals surface area contributed by atoms with Crippen LogP contribution in [0.5, 0.6) is 0 Å². The molecule has 2 aromatic heterocycles. The minimum Gasteiger partial charge on any atom is -0.388 e. The lowest BCUT2D eigenvalue weighted by molar-refractivity contribution is -0.141. The molecule has 190 valence electrons. The lowest BCUT2D eigenvalue weighted by atomic mass is 9.68. The number of aliphatic hydroxyl groups excluding tert-OH is 2. The van der Waals surface area contributed by atoms with Gasteiger partial charge in [0, 0.05) is 54.6 Å². The van der Waals surface area contributed by atoms with Gasteiger partial charge in [-0.3, -0.25) is 9.97 Å². The van der Waals surface area contributed by atoms with Crippen LogP contribution in [0, 0.1) is 5.41 Å². The molecule has 0 aromatic carbocycles. The molecule has 4 heterocycles. The van der Waals surface area contributed by atoms with Gasteiger partial charge < -0.3 is 19.7 Å². The first-order valence-corrected chi connectivity index (χ1v) is 12.1. The average Bonchev–Trinajstić information content (AvgIpc) is 3.10. The Balaban J connectivity index is 1.76. The van der Waals surface area contributed by atoms with Gasteiger partial charge in [0.1, 0.15) is 17.9 Å². The van der Waals surface area contributed by atoms with Crippen LogP contribution < -0.4 is 0 Å². The van der Waals surface area contributed by atoms with Crippen LogP contribution in [0.2, 0.25) is 0 Å². The SMILES string of the molecule is CC(C)c1nc2c(c3c1C(c1ccc(C(F)(F)F)nc1)OC31CCOCC1)C(O)CC(C)(C)[C@@H]2O. The number of ether oxygens (including phenoxy) is 2. The van der Waals surface area contributed by atoms with E-state index in [1.807, 2.05) is 27.7 Å². The first-order valence-electron chi connectivity index (χ1n) is 12.1. The maximum Gasteiger partial charge on any atom is 0.433 e. The fourth-order valence-electron chi connectivity index (χ4n) is 5.85. The van der Waals surface area contributed by atoms with Gasteiger partial charge >= 0.3 is 6.18 Å². The molecule has 1 fully saturated rings. The molecule has 2 aromatic rings. The van der Waals surface area contributed by atoms with Crippen molar-refractivity contribution in [3.8, 4) is 0 Å². The number of rotatable bonds is 2. The number of halogens is 3. The van der Waals surface area contributed by atoms with E-state index in [4.69, 9.17) is 14.5 Å². The standard InChI is InChI=1S/C26H31F3N2O4/c1-13(2)20-18-19(17-15(32)11-24(3,4)23(33)21(17)31-20)25(7-9-34-10-8-25)35-22(18)14-5-6-16(30-12-14)26(27,28)29/h5-6,12-13,15,22-23,32-33H,7-11H2,1-4H3/t15?,22?,23-/m1/s1.